The van der Waals surface area contributed by atoms with Crippen molar-refractivity contribution in [3.05, 3.63) is 60.2 Å². The van der Waals surface area contributed by atoms with Gasteiger partial charge in [0.05, 0.1) is 12.6 Å². The standard InChI is InChI=1S/C16H17FN2O4/c17-12-5-1-2-6-14(12)23-10-15(21)19-13(9-20)16(22)11-4-3-7-18-8-11/h1-8,13,16,20,22H,9-10H2,(H,19,21)/t13-,16+/m1/s1. The van der Waals surface area contributed by atoms with E-state index in [9.17, 15) is 19.4 Å². The second kappa shape index (κ2) is 8.21. The highest BCUT2D eigenvalue weighted by atomic mass is 19.1. The molecule has 7 heteroatoms. The number of aromatic nitrogens is 1. The highest BCUT2D eigenvalue weighted by Crippen LogP contribution is 2.16. The van der Waals surface area contributed by atoms with Gasteiger partial charge < -0.3 is 20.3 Å². The fourth-order valence-electron chi connectivity index (χ4n) is 1.96. The zero-order valence-electron chi connectivity index (χ0n) is 12.2. The molecule has 1 amide bonds. The summed E-state index contributed by atoms with van der Waals surface area (Å²) in [6.45, 7) is -0.904. The Balaban J connectivity index is 1.91. The van der Waals surface area contributed by atoms with Gasteiger partial charge in [0.1, 0.15) is 6.10 Å². The predicted octanol–water partition coefficient (Wildman–Crippen LogP) is 0.810. The lowest BCUT2D eigenvalue weighted by atomic mass is 10.0. The summed E-state index contributed by atoms with van der Waals surface area (Å²) in [6.07, 6.45) is 1.87. The number of carbonyl (C=O) groups excluding carboxylic acids is 1. The summed E-state index contributed by atoms with van der Waals surface area (Å²) in [6, 6.07) is 8.05. The minimum atomic E-state index is -1.12. The van der Waals surface area contributed by atoms with Gasteiger partial charge in [-0.25, -0.2) is 4.39 Å². The molecule has 0 aliphatic carbocycles. The summed E-state index contributed by atoms with van der Waals surface area (Å²) in [7, 11) is 0. The first-order valence-corrected chi connectivity index (χ1v) is 6.97. The molecule has 0 saturated heterocycles. The Hall–Kier alpha value is -2.51. The Labute approximate surface area is 132 Å². The number of ether oxygens (including phenoxy) is 1. The first-order chi connectivity index (χ1) is 11.1. The van der Waals surface area contributed by atoms with Crippen LogP contribution in [0.5, 0.6) is 5.75 Å². The molecule has 0 spiro atoms. The normalized spacial score (nSPS) is 13.2. The second-order valence-electron chi connectivity index (χ2n) is 4.81. The lowest BCUT2D eigenvalue weighted by Gasteiger charge is -2.22. The maximum atomic E-state index is 13.4. The Kier molecular flexibility index (Phi) is 6.02. The second-order valence-corrected chi connectivity index (χ2v) is 4.81. The Morgan fingerprint density at radius 1 is 1.30 bits per heavy atom. The quantitative estimate of drug-likeness (QED) is 0.702. The first-order valence-electron chi connectivity index (χ1n) is 6.97. The molecule has 0 aliphatic rings. The van der Waals surface area contributed by atoms with Crippen molar-refractivity contribution in [3.8, 4) is 5.75 Å². The Morgan fingerprint density at radius 3 is 2.74 bits per heavy atom. The largest absolute Gasteiger partial charge is 0.481 e. The fourth-order valence-corrected chi connectivity index (χ4v) is 1.96. The zero-order chi connectivity index (χ0) is 16.7. The lowest BCUT2D eigenvalue weighted by molar-refractivity contribution is -0.125. The van der Waals surface area contributed by atoms with Crippen LogP contribution in [0.15, 0.2) is 48.8 Å². The van der Waals surface area contributed by atoms with Crippen LogP contribution < -0.4 is 10.1 Å². The van der Waals surface area contributed by atoms with Crippen LogP contribution in [-0.4, -0.2) is 40.4 Å². The van der Waals surface area contributed by atoms with Crippen molar-refractivity contribution in [2.45, 2.75) is 12.1 Å². The Morgan fingerprint density at radius 2 is 2.09 bits per heavy atom. The molecule has 23 heavy (non-hydrogen) atoms. The van der Waals surface area contributed by atoms with E-state index in [0.29, 0.717) is 5.56 Å². The third-order valence-electron chi connectivity index (χ3n) is 3.15. The molecule has 2 aromatic rings. The molecule has 2 atom stereocenters. The number of benzene rings is 1. The Bertz CT molecular complexity index is 639. The molecule has 0 radical (unpaired) electrons. The van der Waals surface area contributed by atoms with Gasteiger partial charge in [0.15, 0.2) is 18.2 Å². The number of aliphatic hydroxyl groups excluding tert-OH is 2. The van der Waals surface area contributed by atoms with Gasteiger partial charge in [-0.15, -0.1) is 0 Å². The highest BCUT2D eigenvalue weighted by molar-refractivity contribution is 5.78. The van der Waals surface area contributed by atoms with Crippen LogP contribution in [-0.2, 0) is 4.79 Å². The van der Waals surface area contributed by atoms with E-state index in [1.54, 1.807) is 24.4 Å². The number of hydrogen-bond acceptors (Lipinski definition) is 5. The number of para-hydroxylation sites is 1. The van der Waals surface area contributed by atoms with Crippen molar-refractivity contribution in [1.82, 2.24) is 10.3 Å². The number of nitrogens with one attached hydrogen (secondary N) is 1. The zero-order valence-corrected chi connectivity index (χ0v) is 12.2. The van der Waals surface area contributed by atoms with E-state index in [1.165, 1.54) is 24.4 Å². The monoisotopic (exact) mass is 320 g/mol. The summed E-state index contributed by atoms with van der Waals surface area (Å²) in [5, 5.41) is 21.9. The van der Waals surface area contributed by atoms with Crippen molar-refractivity contribution in [2.24, 2.45) is 0 Å². The number of rotatable bonds is 7. The SMILES string of the molecule is O=C(COc1ccccc1F)N[C@H](CO)[C@@H](O)c1cccnc1. The van der Waals surface area contributed by atoms with Crippen molar-refractivity contribution in [1.29, 1.82) is 0 Å². The molecule has 0 unspecified atom stereocenters. The number of nitrogens with zero attached hydrogens (tertiary/aromatic N) is 1. The number of halogens is 1. The van der Waals surface area contributed by atoms with Crippen LogP contribution in [0.1, 0.15) is 11.7 Å². The predicted molar refractivity (Wildman–Crippen MR) is 80.1 cm³/mol. The van der Waals surface area contributed by atoms with Gasteiger partial charge in [0.25, 0.3) is 5.91 Å². The molecular weight excluding hydrogens is 303 g/mol. The molecule has 3 N–H and O–H groups in total. The number of carbonyl (C=O) groups is 1. The van der Waals surface area contributed by atoms with Gasteiger partial charge in [0.2, 0.25) is 0 Å². The molecule has 1 heterocycles. The van der Waals surface area contributed by atoms with E-state index in [2.05, 4.69) is 10.3 Å². The number of hydrogen-bond donors (Lipinski definition) is 3. The number of amides is 1. The average Bonchev–Trinajstić information content (AvgIpc) is 2.59. The van der Waals surface area contributed by atoms with Crippen molar-refractivity contribution in [3.63, 3.8) is 0 Å². The van der Waals surface area contributed by atoms with Crippen molar-refractivity contribution < 1.29 is 24.1 Å². The van der Waals surface area contributed by atoms with E-state index in [0.717, 1.165) is 0 Å². The molecule has 122 valence electrons. The molecular formula is C16H17FN2O4. The van der Waals surface area contributed by atoms with E-state index in [1.807, 2.05) is 0 Å². The smallest absolute Gasteiger partial charge is 0.258 e. The summed E-state index contributed by atoms with van der Waals surface area (Å²) >= 11 is 0. The summed E-state index contributed by atoms with van der Waals surface area (Å²) in [5.41, 5.74) is 0.460. The van der Waals surface area contributed by atoms with Crippen molar-refractivity contribution >= 4 is 5.91 Å². The van der Waals surface area contributed by atoms with Crippen LogP contribution in [0.2, 0.25) is 0 Å². The third kappa shape index (κ3) is 4.73. The average molecular weight is 320 g/mol. The van der Waals surface area contributed by atoms with Gasteiger partial charge in [-0.05, 0) is 18.2 Å². The molecule has 0 aliphatic heterocycles. The maximum Gasteiger partial charge on any atom is 0.258 e. The highest BCUT2D eigenvalue weighted by Gasteiger charge is 2.22. The molecule has 6 nitrogen and oxygen atoms in total. The van der Waals surface area contributed by atoms with E-state index < -0.39 is 37.1 Å². The van der Waals surface area contributed by atoms with Crippen LogP contribution in [0.25, 0.3) is 0 Å². The fraction of sp³-hybridized carbons (Fsp3) is 0.250. The minimum Gasteiger partial charge on any atom is -0.481 e. The van der Waals surface area contributed by atoms with Crippen LogP contribution in [0, 0.1) is 5.82 Å². The first kappa shape index (κ1) is 16.9. The molecule has 0 bridgehead atoms. The summed E-state index contributed by atoms with van der Waals surface area (Å²) < 4.78 is 18.4. The van der Waals surface area contributed by atoms with Gasteiger partial charge in [-0.3, -0.25) is 9.78 Å². The summed E-state index contributed by atoms with van der Waals surface area (Å²) in [5.74, 6) is -1.21. The molecule has 1 aromatic carbocycles. The van der Waals surface area contributed by atoms with E-state index >= 15 is 0 Å². The van der Waals surface area contributed by atoms with Crippen molar-refractivity contribution in [2.75, 3.05) is 13.2 Å². The van der Waals surface area contributed by atoms with Crippen LogP contribution in [0.3, 0.4) is 0 Å². The minimum absolute atomic E-state index is 0.0454. The molecule has 1 aromatic heterocycles. The van der Waals surface area contributed by atoms with Gasteiger partial charge in [-0.2, -0.15) is 0 Å². The van der Waals surface area contributed by atoms with Gasteiger partial charge >= 0.3 is 0 Å². The number of aliphatic hydroxyl groups is 2. The summed E-state index contributed by atoms with van der Waals surface area (Å²) in [4.78, 5) is 15.7. The van der Waals surface area contributed by atoms with Crippen LogP contribution >= 0.6 is 0 Å². The number of pyridine rings is 1. The molecule has 0 fully saturated rings. The lowest BCUT2D eigenvalue weighted by Crippen LogP contribution is -2.44. The van der Waals surface area contributed by atoms with E-state index in [4.69, 9.17) is 4.74 Å². The van der Waals surface area contributed by atoms with E-state index in [-0.39, 0.29) is 5.75 Å². The van der Waals surface area contributed by atoms with Crippen LogP contribution in [0.4, 0.5) is 4.39 Å². The maximum absolute atomic E-state index is 13.4. The molecule has 2 rings (SSSR count). The third-order valence-corrected chi connectivity index (χ3v) is 3.15. The topological polar surface area (TPSA) is 91.7 Å². The molecule has 0 saturated carbocycles. The van der Waals surface area contributed by atoms with Gasteiger partial charge in [0, 0.05) is 18.0 Å². The van der Waals surface area contributed by atoms with Gasteiger partial charge in [-0.1, -0.05) is 18.2 Å².